The molecule has 9 unspecified atom stereocenters. The standard InChI is InChI=1S/C64H125NO10/c1-3-5-7-9-11-13-15-17-19-21-23-24-25-26-27-28-29-30-31-32-34-36-38-40-42-44-46-48-50-52-57(68)63(73)65-55(54-74-64-62(72)61(71)60(70)58(53-66)75-64)59(69)56(67)51-49-47-45-43-41-39-37-35-33-22-20-18-16-14-12-10-8-6-4-2/h43,45,55-62,64,66-72H,3-42,44,46-54H2,1-2H3,(H,65,73)/b45-43+. The molecular formula is C64H125NO10. The van der Waals surface area contributed by atoms with Crippen LogP contribution in [0.25, 0.3) is 0 Å². The first-order valence-electron chi connectivity index (χ1n) is 32.6. The van der Waals surface area contributed by atoms with Crippen LogP contribution in [-0.2, 0) is 14.3 Å². The number of unbranched alkanes of at least 4 members (excludes halogenated alkanes) is 43. The molecular weight excluding hydrogens is 943 g/mol. The predicted molar refractivity (Wildman–Crippen MR) is 312 cm³/mol. The lowest BCUT2D eigenvalue weighted by Gasteiger charge is -2.40. The number of nitrogens with one attached hydrogen (secondary N) is 1. The minimum absolute atomic E-state index is 0.260. The third-order valence-electron chi connectivity index (χ3n) is 16.1. The van der Waals surface area contributed by atoms with E-state index in [1.54, 1.807) is 0 Å². The lowest BCUT2D eigenvalue weighted by atomic mass is 9.98. The zero-order valence-electron chi connectivity index (χ0n) is 49.1. The highest BCUT2D eigenvalue weighted by Crippen LogP contribution is 2.24. The smallest absolute Gasteiger partial charge is 0.249 e. The van der Waals surface area contributed by atoms with E-state index >= 15 is 0 Å². The van der Waals surface area contributed by atoms with E-state index in [1.165, 1.54) is 244 Å². The van der Waals surface area contributed by atoms with Crippen LogP contribution in [0.5, 0.6) is 0 Å². The SMILES string of the molecule is CCCCCCCCCCCCCCCC/C=C/CCCC(O)C(O)C(COC1OC(CO)C(O)C(O)C1O)NC(=O)C(O)CCCCCCCCCCCCCCCCCCCCCCCCCCCCCCC. The molecule has 0 aromatic heterocycles. The van der Waals surface area contributed by atoms with Gasteiger partial charge in [-0.05, 0) is 38.5 Å². The fourth-order valence-corrected chi connectivity index (χ4v) is 10.8. The van der Waals surface area contributed by atoms with Gasteiger partial charge in [-0.25, -0.2) is 0 Å². The van der Waals surface area contributed by atoms with Gasteiger partial charge in [0.25, 0.3) is 0 Å². The summed E-state index contributed by atoms with van der Waals surface area (Å²) in [6.07, 6.45) is 52.9. The molecule has 11 nitrogen and oxygen atoms in total. The van der Waals surface area contributed by atoms with Gasteiger partial charge in [-0.15, -0.1) is 0 Å². The molecule has 0 aromatic carbocycles. The molecule has 1 saturated heterocycles. The summed E-state index contributed by atoms with van der Waals surface area (Å²) in [6, 6.07) is -1.18. The number of carbonyl (C=O) groups excluding carboxylic acids is 1. The third kappa shape index (κ3) is 41.5. The number of hydrogen-bond acceptors (Lipinski definition) is 10. The lowest BCUT2D eigenvalue weighted by Crippen LogP contribution is -2.60. The molecule has 1 rings (SSSR count). The number of amides is 1. The van der Waals surface area contributed by atoms with Gasteiger partial charge >= 0.3 is 0 Å². The van der Waals surface area contributed by atoms with E-state index in [-0.39, 0.29) is 12.8 Å². The highest BCUT2D eigenvalue weighted by Gasteiger charge is 2.44. The molecule has 0 spiro atoms. The second-order valence-electron chi connectivity index (χ2n) is 23.2. The van der Waals surface area contributed by atoms with Crippen LogP contribution >= 0.6 is 0 Å². The number of ether oxygens (including phenoxy) is 2. The van der Waals surface area contributed by atoms with E-state index < -0.39 is 74.2 Å². The van der Waals surface area contributed by atoms with Gasteiger partial charge < -0.3 is 50.5 Å². The topological polar surface area (TPSA) is 189 Å². The largest absolute Gasteiger partial charge is 0.394 e. The van der Waals surface area contributed by atoms with Crippen LogP contribution in [0.4, 0.5) is 0 Å². The van der Waals surface area contributed by atoms with Gasteiger partial charge in [0, 0.05) is 0 Å². The molecule has 9 atom stereocenters. The average molecular weight is 1070 g/mol. The van der Waals surface area contributed by atoms with E-state index in [1.807, 2.05) is 0 Å². The Labute approximate surface area is 462 Å². The van der Waals surface area contributed by atoms with E-state index in [2.05, 4.69) is 31.3 Å². The minimum atomic E-state index is -1.67. The molecule has 1 heterocycles. The highest BCUT2D eigenvalue weighted by atomic mass is 16.7. The molecule has 1 fully saturated rings. The first kappa shape index (κ1) is 71.9. The number of aliphatic hydroxyl groups is 7. The Hall–Kier alpha value is -1.15. The van der Waals surface area contributed by atoms with Gasteiger partial charge in [0.15, 0.2) is 6.29 Å². The van der Waals surface area contributed by atoms with Crippen LogP contribution in [-0.4, -0.2) is 110 Å². The van der Waals surface area contributed by atoms with Crippen molar-refractivity contribution >= 4 is 5.91 Å². The monoisotopic (exact) mass is 1070 g/mol. The summed E-state index contributed by atoms with van der Waals surface area (Å²) < 4.78 is 11.2. The molecule has 0 aliphatic carbocycles. The zero-order valence-corrected chi connectivity index (χ0v) is 49.1. The van der Waals surface area contributed by atoms with E-state index in [9.17, 15) is 40.5 Å². The fraction of sp³-hybridized carbons (Fsp3) is 0.953. The maximum Gasteiger partial charge on any atom is 0.249 e. The number of aliphatic hydroxyl groups excluding tert-OH is 7. The summed E-state index contributed by atoms with van der Waals surface area (Å²) in [5.41, 5.74) is 0. The van der Waals surface area contributed by atoms with Crippen molar-refractivity contribution in [2.75, 3.05) is 13.2 Å². The first-order chi connectivity index (χ1) is 36.7. The van der Waals surface area contributed by atoms with Crippen molar-refractivity contribution in [2.45, 2.75) is 377 Å². The molecule has 0 bridgehead atoms. The second kappa shape index (κ2) is 53.5. The van der Waals surface area contributed by atoms with Gasteiger partial charge in [0.2, 0.25) is 5.91 Å². The molecule has 11 heteroatoms. The summed E-state index contributed by atoms with van der Waals surface area (Å²) in [5, 5.41) is 76.3. The maximum atomic E-state index is 13.2. The van der Waals surface area contributed by atoms with Crippen molar-refractivity contribution in [1.29, 1.82) is 0 Å². The molecule has 0 radical (unpaired) electrons. The van der Waals surface area contributed by atoms with Gasteiger partial charge in [0.05, 0.1) is 25.4 Å². The van der Waals surface area contributed by atoms with Crippen LogP contribution in [0.3, 0.4) is 0 Å². The Bertz CT molecular complexity index is 1220. The molecule has 446 valence electrons. The molecule has 1 aliphatic rings. The quantitative estimate of drug-likeness (QED) is 0.0215. The Balaban J connectivity index is 2.22. The maximum absolute atomic E-state index is 13.2. The molecule has 1 amide bonds. The lowest BCUT2D eigenvalue weighted by molar-refractivity contribution is -0.303. The van der Waals surface area contributed by atoms with Crippen molar-refractivity contribution in [3.8, 4) is 0 Å². The Morgan fingerprint density at radius 1 is 0.453 bits per heavy atom. The summed E-state index contributed by atoms with van der Waals surface area (Å²) in [5.74, 6) is -0.699. The van der Waals surface area contributed by atoms with Crippen LogP contribution in [0.1, 0.15) is 322 Å². The van der Waals surface area contributed by atoms with Gasteiger partial charge in [0.1, 0.15) is 36.6 Å². The van der Waals surface area contributed by atoms with Crippen molar-refractivity contribution in [2.24, 2.45) is 0 Å². The summed E-state index contributed by atoms with van der Waals surface area (Å²) in [7, 11) is 0. The number of rotatable bonds is 57. The number of allylic oxidation sites excluding steroid dienone is 2. The first-order valence-corrected chi connectivity index (χ1v) is 32.6. The second-order valence-corrected chi connectivity index (χ2v) is 23.2. The van der Waals surface area contributed by atoms with Gasteiger partial charge in [-0.3, -0.25) is 4.79 Å². The van der Waals surface area contributed by atoms with Crippen molar-refractivity contribution in [1.82, 2.24) is 5.32 Å². The summed E-state index contributed by atoms with van der Waals surface area (Å²) in [6.45, 7) is 3.49. The highest BCUT2D eigenvalue weighted by molar-refractivity contribution is 5.80. The Morgan fingerprint density at radius 3 is 1.15 bits per heavy atom. The zero-order chi connectivity index (χ0) is 54.7. The van der Waals surface area contributed by atoms with Crippen LogP contribution < -0.4 is 5.32 Å². The van der Waals surface area contributed by atoms with Crippen molar-refractivity contribution in [3.05, 3.63) is 12.2 Å². The Kier molecular flexibility index (Phi) is 51.3. The normalized spacial score (nSPS) is 19.7. The number of hydrogen-bond donors (Lipinski definition) is 8. The van der Waals surface area contributed by atoms with Crippen LogP contribution in [0.2, 0.25) is 0 Å². The van der Waals surface area contributed by atoms with Crippen LogP contribution in [0.15, 0.2) is 12.2 Å². The average Bonchev–Trinajstić information content (AvgIpc) is 3.41. The molecule has 75 heavy (non-hydrogen) atoms. The molecule has 8 N–H and O–H groups in total. The number of carbonyl (C=O) groups is 1. The Morgan fingerprint density at radius 2 is 0.787 bits per heavy atom. The summed E-state index contributed by atoms with van der Waals surface area (Å²) >= 11 is 0. The van der Waals surface area contributed by atoms with Gasteiger partial charge in [-0.1, -0.05) is 296 Å². The molecule has 0 aromatic rings. The van der Waals surface area contributed by atoms with E-state index in [4.69, 9.17) is 9.47 Å². The minimum Gasteiger partial charge on any atom is -0.394 e. The molecule has 0 saturated carbocycles. The predicted octanol–water partition coefficient (Wildman–Crippen LogP) is 14.7. The van der Waals surface area contributed by atoms with Crippen molar-refractivity contribution in [3.63, 3.8) is 0 Å². The molecule has 1 aliphatic heterocycles. The van der Waals surface area contributed by atoms with Crippen molar-refractivity contribution < 1.29 is 50.0 Å². The van der Waals surface area contributed by atoms with Crippen LogP contribution in [0, 0.1) is 0 Å². The fourth-order valence-electron chi connectivity index (χ4n) is 10.8. The van der Waals surface area contributed by atoms with E-state index in [0.29, 0.717) is 12.8 Å². The van der Waals surface area contributed by atoms with Gasteiger partial charge in [-0.2, -0.15) is 0 Å². The summed E-state index contributed by atoms with van der Waals surface area (Å²) in [4.78, 5) is 13.2. The third-order valence-corrected chi connectivity index (χ3v) is 16.1. The van der Waals surface area contributed by atoms with E-state index in [0.717, 1.165) is 38.5 Å².